The molecule has 2 fully saturated rings. The molecule has 1 aromatic carbocycles. The Bertz CT molecular complexity index is 960. The number of carbonyl (C=O) groups excluding carboxylic acids is 1. The molecule has 1 aromatic heterocycles. The number of carbonyl (C=O) groups is 1. The second-order valence-electron chi connectivity index (χ2n) is 9.50. The molecule has 0 bridgehead atoms. The standard InChI is InChI=1S/C25H33N5O/c1-18-12-21(22-6-5-20(13-26)25-23(22)4-3-9-27-25)16-30(15-18)17-24(31)28-14-19-7-10-29(2)11-8-19/h3-6,9,18-19,21H,7-8,10-12,14-17H2,1-2H3,(H,28,31)/t18-,21-/m0/s1. The highest BCUT2D eigenvalue weighted by atomic mass is 16.2. The molecule has 2 aliphatic rings. The summed E-state index contributed by atoms with van der Waals surface area (Å²) >= 11 is 0. The average molecular weight is 420 g/mol. The Kier molecular flexibility index (Phi) is 6.84. The second kappa shape index (κ2) is 9.76. The third kappa shape index (κ3) is 5.23. The number of rotatable bonds is 5. The first kappa shape index (κ1) is 21.7. The lowest BCUT2D eigenvalue weighted by molar-refractivity contribution is -0.123. The molecule has 31 heavy (non-hydrogen) atoms. The molecule has 0 aliphatic carbocycles. The van der Waals surface area contributed by atoms with Gasteiger partial charge in [-0.3, -0.25) is 14.7 Å². The summed E-state index contributed by atoms with van der Waals surface area (Å²) in [4.78, 5) is 21.8. The Morgan fingerprint density at radius 3 is 2.84 bits per heavy atom. The van der Waals surface area contributed by atoms with Crippen LogP contribution in [0.4, 0.5) is 0 Å². The number of pyridine rings is 1. The summed E-state index contributed by atoms with van der Waals surface area (Å²) in [5.41, 5.74) is 2.64. The monoisotopic (exact) mass is 419 g/mol. The Morgan fingerprint density at radius 1 is 1.26 bits per heavy atom. The van der Waals surface area contributed by atoms with E-state index in [0.717, 1.165) is 50.0 Å². The molecular formula is C25H33N5O. The molecule has 0 saturated carbocycles. The first-order chi connectivity index (χ1) is 15.0. The van der Waals surface area contributed by atoms with Crippen molar-refractivity contribution in [1.29, 1.82) is 5.26 Å². The summed E-state index contributed by atoms with van der Waals surface area (Å²) < 4.78 is 0. The van der Waals surface area contributed by atoms with E-state index >= 15 is 0 Å². The van der Waals surface area contributed by atoms with Gasteiger partial charge in [-0.05, 0) is 74.8 Å². The van der Waals surface area contributed by atoms with E-state index in [1.165, 1.54) is 18.4 Å². The number of benzene rings is 1. The lowest BCUT2D eigenvalue weighted by Crippen LogP contribution is -2.45. The van der Waals surface area contributed by atoms with Gasteiger partial charge in [-0.1, -0.05) is 19.1 Å². The van der Waals surface area contributed by atoms with Gasteiger partial charge in [-0.25, -0.2) is 0 Å². The molecule has 2 aromatic rings. The molecule has 1 amide bonds. The lowest BCUT2D eigenvalue weighted by atomic mass is 9.83. The van der Waals surface area contributed by atoms with Gasteiger partial charge < -0.3 is 10.2 Å². The maximum atomic E-state index is 12.7. The van der Waals surface area contributed by atoms with Gasteiger partial charge in [0.2, 0.25) is 5.91 Å². The molecular weight excluding hydrogens is 386 g/mol. The second-order valence-corrected chi connectivity index (χ2v) is 9.50. The highest BCUT2D eigenvalue weighted by Crippen LogP contribution is 2.34. The zero-order valence-electron chi connectivity index (χ0n) is 18.7. The first-order valence-electron chi connectivity index (χ1n) is 11.5. The normalized spacial score (nSPS) is 23.5. The zero-order valence-corrected chi connectivity index (χ0v) is 18.7. The largest absolute Gasteiger partial charge is 0.355 e. The molecule has 4 rings (SSSR count). The van der Waals surface area contributed by atoms with Crippen molar-refractivity contribution in [3.05, 3.63) is 41.6 Å². The topological polar surface area (TPSA) is 72.3 Å². The Balaban J connectivity index is 1.40. The van der Waals surface area contributed by atoms with Gasteiger partial charge in [0.1, 0.15) is 6.07 Å². The Morgan fingerprint density at radius 2 is 2.06 bits per heavy atom. The van der Waals surface area contributed by atoms with Gasteiger partial charge in [-0.15, -0.1) is 0 Å². The fraction of sp³-hybridized carbons (Fsp3) is 0.560. The highest BCUT2D eigenvalue weighted by molar-refractivity contribution is 5.87. The minimum atomic E-state index is 0.137. The first-order valence-corrected chi connectivity index (χ1v) is 11.5. The summed E-state index contributed by atoms with van der Waals surface area (Å²) in [6.45, 7) is 7.58. The van der Waals surface area contributed by atoms with E-state index in [0.29, 0.717) is 29.9 Å². The number of hydrogen-bond donors (Lipinski definition) is 1. The number of nitriles is 1. The predicted molar refractivity (Wildman–Crippen MR) is 123 cm³/mol. The van der Waals surface area contributed by atoms with Gasteiger partial charge in [0.05, 0.1) is 17.6 Å². The summed E-state index contributed by atoms with van der Waals surface area (Å²) in [5.74, 6) is 1.59. The molecule has 6 heteroatoms. The molecule has 0 unspecified atom stereocenters. The lowest BCUT2D eigenvalue weighted by Gasteiger charge is -2.37. The van der Waals surface area contributed by atoms with Crippen LogP contribution in [0.3, 0.4) is 0 Å². The number of nitrogens with one attached hydrogen (secondary N) is 1. The van der Waals surface area contributed by atoms with Crippen molar-refractivity contribution in [2.24, 2.45) is 11.8 Å². The van der Waals surface area contributed by atoms with Crippen LogP contribution in [-0.4, -0.2) is 67.0 Å². The van der Waals surface area contributed by atoms with Gasteiger partial charge >= 0.3 is 0 Å². The summed E-state index contributed by atoms with van der Waals surface area (Å²) in [7, 11) is 2.16. The number of hydrogen-bond acceptors (Lipinski definition) is 5. The van der Waals surface area contributed by atoms with Gasteiger partial charge in [0, 0.05) is 31.2 Å². The van der Waals surface area contributed by atoms with E-state index in [9.17, 15) is 10.1 Å². The molecule has 2 aliphatic heterocycles. The minimum absolute atomic E-state index is 0.137. The molecule has 0 radical (unpaired) electrons. The van der Waals surface area contributed by atoms with Crippen molar-refractivity contribution in [2.75, 3.05) is 46.3 Å². The minimum Gasteiger partial charge on any atom is -0.355 e. The molecule has 1 N–H and O–H groups in total. The fourth-order valence-electron chi connectivity index (χ4n) is 5.24. The highest BCUT2D eigenvalue weighted by Gasteiger charge is 2.28. The van der Waals surface area contributed by atoms with E-state index in [1.54, 1.807) is 6.20 Å². The van der Waals surface area contributed by atoms with Crippen molar-refractivity contribution in [3.8, 4) is 6.07 Å². The quantitative estimate of drug-likeness (QED) is 0.807. The van der Waals surface area contributed by atoms with Crippen LogP contribution in [0.2, 0.25) is 0 Å². The Hall–Kier alpha value is -2.49. The van der Waals surface area contributed by atoms with E-state index in [2.05, 4.69) is 52.3 Å². The number of aromatic nitrogens is 1. The molecule has 3 heterocycles. The van der Waals surface area contributed by atoms with Gasteiger partial charge in [0.15, 0.2) is 0 Å². The van der Waals surface area contributed by atoms with Crippen molar-refractivity contribution < 1.29 is 4.79 Å². The number of amides is 1. The van der Waals surface area contributed by atoms with Crippen LogP contribution in [0, 0.1) is 23.2 Å². The van der Waals surface area contributed by atoms with Crippen LogP contribution >= 0.6 is 0 Å². The van der Waals surface area contributed by atoms with E-state index in [1.807, 2.05) is 12.1 Å². The molecule has 2 saturated heterocycles. The summed E-state index contributed by atoms with van der Waals surface area (Å²) in [6.07, 6.45) is 5.17. The van der Waals surface area contributed by atoms with Crippen molar-refractivity contribution >= 4 is 16.8 Å². The van der Waals surface area contributed by atoms with E-state index in [-0.39, 0.29) is 5.91 Å². The van der Waals surface area contributed by atoms with Crippen molar-refractivity contribution in [3.63, 3.8) is 0 Å². The average Bonchev–Trinajstić information content (AvgIpc) is 2.77. The predicted octanol–water partition coefficient (Wildman–Crippen LogP) is 2.99. The maximum absolute atomic E-state index is 12.7. The maximum Gasteiger partial charge on any atom is 0.234 e. The number of nitrogens with zero attached hydrogens (tertiary/aromatic N) is 4. The third-order valence-electron chi connectivity index (χ3n) is 6.89. The number of piperidine rings is 2. The van der Waals surface area contributed by atoms with Crippen LogP contribution < -0.4 is 5.32 Å². The van der Waals surface area contributed by atoms with Crippen LogP contribution in [0.25, 0.3) is 10.9 Å². The van der Waals surface area contributed by atoms with Crippen molar-refractivity contribution in [2.45, 2.75) is 32.1 Å². The third-order valence-corrected chi connectivity index (χ3v) is 6.89. The molecule has 6 nitrogen and oxygen atoms in total. The van der Waals surface area contributed by atoms with Crippen molar-refractivity contribution in [1.82, 2.24) is 20.1 Å². The van der Waals surface area contributed by atoms with E-state index < -0.39 is 0 Å². The summed E-state index contributed by atoms with van der Waals surface area (Å²) in [6, 6.07) is 10.2. The van der Waals surface area contributed by atoms with Gasteiger partial charge in [-0.2, -0.15) is 5.26 Å². The van der Waals surface area contributed by atoms with Crippen LogP contribution in [0.5, 0.6) is 0 Å². The molecule has 164 valence electrons. The molecule has 0 spiro atoms. The van der Waals surface area contributed by atoms with Crippen LogP contribution in [-0.2, 0) is 4.79 Å². The zero-order chi connectivity index (χ0) is 21.8. The van der Waals surface area contributed by atoms with Crippen LogP contribution in [0.15, 0.2) is 30.5 Å². The smallest absolute Gasteiger partial charge is 0.234 e. The van der Waals surface area contributed by atoms with Crippen LogP contribution in [0.1, 0.15) is 43.2 Å². The molecule has 2 atom stereocenters. The SMILES string of the molecule is C[C@H]1C[C@H](c2ccc(C#N)c3ncccc23)CN(CC(=O)NCC2CCN(C)CC2)C1. The Labute approximate surface area is 185 Å². The van der Waals surface area contributed by atoms with E-state index in [4.69, 9.17) is 0 Å². The van der Waals surface area contributed by atoms with Gasteiger partial charge in [0.25, 0.3) is 0 Å². The number of fused-ring (bicyclic) bond motifs is 1. The fourth-order valence-corrected chi connectivity index (χ4v) is 5.24. The summed E-state index contributed by atoms with van der Waals surface area (Å²) in [5, 5.41) is 13.7. The number of likely N-dealkylation sites (tertiary alicyclic amines) is 2.